The fourth-order valence-corrected chi connectivity index (χ4v) is 4.46. The monoisotopic (exact) mass is 406 g/mol. The van der Waals surface area contributed by atoms with Gasteiger partial charge in [0.1, 0.15) is 0 Å². The molecular weight excluding hydrogens is 385 g/mol. The first-order valence-electron chi connectivity index (χ1n) is 8.85. The van der Waals surface area contributed by atoms with Crippen LogP contribution in [0.2, 0.25) is 0 Å². The number of thioether (sulfide) groups is 1. The van der Waals surface area contributed by atoms with E-state index in [0.29, 0.717) is 11.7 Å². The van der Waals surface area contributed by atoms with E-state index < -0.39 is 11.7 Å². The third-order valence-corrected chi connectivity index (χ3v) is 6.01. The molecule has 0 spiro atoms. The molecule has 3 aromatic rings. The summed E-state index contributed by atoms with van der Waals surface area (Å²) in [6.07, 6.45) is -4.33. The molecule has 0 aliphatic rings. The molecule has 0 aliphatic heterocycles. The van der Waals surface area contributed by atoms with E-state index in [-0.39, 0.29) is 5.25 Å². The standard InChI is InChI=1S/C20H21F3N4S/c1-11(2)18(19-24-26-27-25-19)28-16-9-12(3)17(13(4)10-16)14-5-7-15(8-6-14)20(21,22)23/h5-11,18H,1-4H3,(H,24,25,26,27). The van der Waals surface area contributed by atoms with Crippen LogP contribution in [0.3, 0.4) is 0 Å². The fourth-order valence-electron chi connectivity index (χ4n) is 3.20. The second-order valence-electron chi connectivity index (χ2n) is 7.06. The summed E-state index contributed by atoms with van der Waals surface area (Å²) in [6, 6.07) is 9.42. The van der Waals surface area contributed by atoms with Gasteiger partial charge in [-0.15, -0.1) is 22.0 Å². The first-order valence-corrected chi connectivity index (χ1v) is 9.73. The average molecular weight is 406 g/mol. The summed E-state index contributed by atoms with van der Waals surface area (Å²) in [5.74, 6) is 0.958. The molecule has 1 N–H and O–H groups in total. The topological polar surface area (TPSA) is 54.5 Å². The molecule has 3 rings (SSSR count). The Balaban J connectivity index is 1.91. The zero-order chi connectivity index (χ0) is 20.5. The molecule has 1 unspecified atom stereocenters. The zero-order valence-electron chi connectivity index (χ0n) is 16.0. The van der Waals surface area contributed by atoms with Crippen LogP contribution < -0.4 is 0 Å². The Bertz CT molecular complexity index is 912. The summed E-state index contributed by atoms with van der Waals surface area (Å²) < 4.78 is 38.5. The van der Waals surface area contributed by atoms with Crippen LogP contribution in [0.25, 0.3) is 11.1 Å². The Morgan fingerprint density at radius 3 is 2.07 bits per heavy atom. The molecule has 28 heavy (non-hydrogen) atoms. The number of hydrogen-bond acceptors (Lipinski definition) is 4. The van der Waals surface area contributed by atoms with Gasteiger partial charge >= 0.3 is 6.18 Å². The first kappa shape index (κ1) is 20.4. The molecule has 8 heteroatoms. The van der Waals surface area contributed by atoms with Gasteiger partial charge in [-0.2, -0.15) is 18.4 Å². The number of nitrogens with one attached hydrogen (secondary N) is 1. The van der Waals surface area contributed by atoms with Gasteiger partial charge in [-0.3, -0.25) is 0 Å². The zero-order valence-corrected chi connectivity index (χ0v) is 16.8. The molecule has 0 saturated carbocycles. The number of tetrazole rings is 1. The fraction of sp³-hybridized carbons (Fsp3) is 0.350. The molecule has 0 fully saturated rings. The highest BCUT2D eigenvalue weighted by molar-refractivity contribution is 7.99. The molecule has 0 aliphatic carbocycles. The van der Waals surface area contributed by atoms with Gasteiger partial charge in [-0.05, 0) is 66.3 Å². The van der Waals surface area contributed by atoms with Crippen LogP contribution in [-0.2, 0) is 6.18 Å². The Labute approximate surface area is 165 Å². The molecule has 4 nitrogen and oxygen atoms in total. The van der Waals surface area contributed by atoms with Crippen LogP contribution in [0, 0.1) is 19.8 Å². The van der Waals surface area contributed by atoms with Crippen molar-refractivity contribution >= 4 is 11.8 Å². The van der Waals surface area contributed by atoms with Crippen molar-refractivity contribution in [3.05, 3.63) is 58.9 Å². The van der Waals surface area contributed by atoms with Crippen molar-refractivity contribution < 1.29 is 13.2 Å². The quantitative estimate of drug-likeness (QED) is 0.529. The summed E-state index contributed by atoms with van der Waals surface area (Å²) in [5.41, 5.74) is 3.12. The predicted octanol–water partition coefficient (Wildman–Crippen LogP) is 5.99. The third-order valence-electron chi connectivity index (χ3n) is 4.49. The van der Waals surface area contributed by atoms with E-state index in [4.69, 9.17) is 0 Å². The van der Waals surface area contributed by atoms with Crippen LogP contribution in [-0.4, -0.2) is 20.6 Å². The molecule has 0 radical (unpaired) electrons. The predicted molar refractivity (Wildman–Crippen MR) is 104 cm³/mol. The second-order valence-corrected chi connectivity index (χ2v) is 8.27. The number of nitrogens with zero attached hydrogens (tertiary/aromatic N) is 3. The van der Waals surface area contributed by atoms with Gasteiger partial charge in [0.25, 0.3) is 0 Å². The Kier molecular flexibility index (Phi) is 5.79. The number of aromatic amines is 1. The lowest BCUT2D eigenvalue weighted by Crippen LogP contribution is -2.05. The molecule has 1 aromatic heterocycles. The molecule has 0 saturated heterocycles. The van der Waals surface area contributed by atoms with Crippen molar-refractivity contribution in [2.24, 2.45) is 5.92 Å². The molecule has 0 bridgehead atoms. The van der Waals surface area contributed by atoms with Gasteiger partial charge in [0.2, 0.25) is 0 Å². The largest absolute Gasteiger partial charge is 0.416 e. The van der Waals surface area contributed by atoms with Crippen LogP contribution in [0.5, 0.6) is 0 Å². The highest BCUT2D eigenvalue weighted by Crippen LogP contribution is 2.41. The number of hydrogen-bond donors (Lipinski definition) is 1. The summed E-state index contributed by atoms with van der Waals surface area (Å²) in [5, 5.41) is 14.4. The van der Waals surface area contributed by atoms with E-state index in [2.05, 4.69) is 46.6 Å². The van der Waals surface area contributed by atoms with Gasteiger partial charge in [-0.1, -0.05) is 31.2 Å². The van der Waals surface area contributed by atoms with Crippen molar-refractivity contribution in [3.63, 3.8) is 0 Å². The maximum atomic E-state index is 12.8. The summed E-state index contributed by atoms with van der Waals surface area (Å²) in [6.45, 7) is 8.15. The summed E-state index contributed by atoms with van der Waals surface area (Å²) in [4.78, 5) is 1.06. The second kappa shape index (κ2) is 7.95. The Morgan fingerprint density at radius 1 is 1.00 bits per heavy atom. The number of benzene rings is 2. The van der Waals surface area contributed by atoms with Crippen molar-refractivity contribution in [2.75, 3.05) is 0 Å². The number of aromatic nitrogens is 4. The SMILES string of the molecule is Cc1cc(SC(c2nn[nH]n2)C(C)C)cc(C)c1-c1ccc(C(F)(F)F)cc1. The third kappa shape index (κ3) is 4.38. The lowest BCUT2D eigenvalue weighted by atomic mass is 9.95. The summed E-state index contributed by atoms with van der Waals surface area (Å²) >= 11 is 1.66. The maximum Gasteiger partial charge on any atom is 0.416 e. The van der Waals surface area contributed by atoms with Gasteiger partial charge in [0.15, 0.2) is 5.82 Å². The highest BCUT2D eigenvalue weighted by Gasteiger charge is 2.30. The molecule has 2 aromatic carbocycles. The van der Waals surface area contributed by atoms with Gasteiger partial charge in [0.05, 0.1) is 10.8 Å². The first-order chi connectivity index (χ1) is 13.2. The Hall–Kier alpha value is -2.35. The molecular formula is C20H21F3N4S. The maximum absolute atomic E-state index is 12.8. The molecule has 1 atom stereocenters. The van der Waals surface area contributed by atoms with Gasteiger partial charge < -0.3 is 0 Å². The highest BCUT2D eigenvalue weighted by atomic mass is 32.2. The minimum atomic E-state index is -4.33. The Morgan fingerprint density at radius 2 is 1.61 bits per heavy atom. The molecule has 148 valence electrons. The van der Waals surface area contributed by atoms with E-state index in [9.17, 15) is 13.2 Å². The lowest BCUT2D eigenvalue weighted by molar-refractivity contribution is -0.137. The number of rotatable bonds is 5. The molecule has 1 heterocycles. The van der Waals surface area contributed by atoms with E-state index in [1.165, 1.54) is 12.1 Å². The van der Waals surface area contributed by atoms with Gasteiger partial charge in [-0.25, -0.2) is 0 Å². The number of halogens is 3. The minimum absolute atomic E-state index is 0.0504. The number of H-pyrrole nitrogens is 1. The summed E-state index contributed by atoms with van der Waals surface area (Å²) in [7, 11) is 0. The number of aryl methyl sites for hydroxylation is 2. The van der Waals surface area contributed by atoms with Crippen molar-refractivity contribution in [1.82, 2.24) is 20.6 Å². The van der Waals surface area contributed by atoms with Gasteiger partial charge in [0, 0.05) is 4.90 Å². The average Bonchev–Trinajstić information content (AvgIpc) is 3.12. The van der Waals surface area contributed by atoms with E-state index >= 15 is 0 Å². The molecule has 0 amide bonds. The minimum Gasteiger partial charge on any atom is -0.177 e. The normalized spacial score (nSPS) is 13.1. The van der Waals surface area contributed by atoms with Crippen LogP contribution in [0.4, 0.5) is 13.2 Å². The number of alkyl halides is 3. The van der Waals surface area contributed by atoms with E-state index in [1.807, 2.05) is 13.8 Å². The lowest BCUT2D eigenvalue weighted by Gasteiger charge is -2.19. The van der Waals surface area contributed by atoms with E-state index in [0.717, 1.165) is 39.3 Å². The van der Waals surface area contributed by atoms with Crippen LogP contribution in [0.1, 0.15) is 41.6 Å². The van der Waals surface area contributed by atoms with Crippen molar-refractivity contribution in [1.29, 1.82) is 0 Å². The van der Waals surface area contributed by atoms with E-state index in [1.54, 1.807) is 11.8 Å². The smallest absolute Gasteiger partial charge is 0.177 e. The van der Waals surface area contributed by atoms with Crippen LogP contribution >= 0.6 is 11.8 Å². The van der Waals surface area contributed by atoms with Crippen molar-refractivity contribution in [3.8, 4) is 11.1 Å². The van der Waals surface area contributed by atoms with Crippen LogP contribution in [0.15, 0.2) is 41.3 Å². The van der Waals surface area contributed by atoms with Crippen molar-refractivity contribution in [2.45, 2.75) is 44.0 Å².